The molecule has 2 saturated heterocycles. The van der Waals surface area contributed by atoms with Gasteiger partial charge in [0.2, 0.25) is 0 Å². The van der Waals surface area contributed by atoms with E-state index in [1.807, 2.05) is 6.92 Å². The number of fused-ring (bicyclic) bond motifs is 2. The van der Waals surface area contributed by atoms with E-state index in [1.54, 1.807) is 17.0 Å². The number of halogens is 2. The summed E-state index contributed by atoms with van der Waals surface area (Å²) in [5.41, 5.74) is 1.12. The summed E-state index contributed by atoms with van der Waals surface area (Å²) in [5.74, 6) is -0.589. The number of amides is 1. The van der Waals surface area contributed by atoms with Gasteiger partial charge in [0.25, 0.3) is 5.91 Å². The second-order valence-electron chi connectivity index (χ2n) is 5.66. The highest BCUT2D eigenvalue weighted by Gasteiger charge is 2.32. The van der Waals surface area contributed by atoms with Crippen molar-refractivity contribution >= 4 is 18.3 Å². The van der Waals surface area contributed by atoms with E-state index in [1.165, 1.54) is 12.5 Å². The molecule has 2 fully saturated rings. The van der Waals surface area contributed by atoms with Crippen molar-refractivity contribution in [3.63, 3.8) is 0 Å². The van der Waals surface area contributed by atoms with Crippen LogP contribution >= 0.6 is 12.4 Å². The predicted molar refractivity (Wildman–Crippen MR) is 78.9 cm³/mol. The Morgan fingerprint density at radius 3 is 2.85 bits per heavy atom. The molecule has 2 heterocycles. The first-order valence-corrected chi connectivity index (χ1v) is 6.95. The van der Waals surface area contributed by atoms with E-state index in [4.69, 9.17) is 0 Å². The van der Waals surface area contributed by atoms with Crippen molar-refractivity contribution in [2.24, 2.45) is 0 Å². The fraction of sp³-hybridized carbons (Fsp3) is 0.533. The maximum absolute atomic E-state index is 13.8. The molecule has 1 aromatic rings. The Balaban J connectivity index is 0.00000147. The van der Waals surface area contributed by atoms with Crippen LogP contribution in [0.4, 0.5) is 4.39 Å². The van der Waals surface area contributed by atoms with Crippen LogP contribution in [0.25, 0.3) is 0 Å². The van der Waals surface area contributed by atoms with Gasteiger partial charge < -0.3 is 10.2 Å². The van der Waals surface area contributed by atoms with Crippen molar-refractivity contribution in [3.05, 3.63) is 35.1 Å². The molecule has 5 heteroatoms. The Hall–Kier alpha value is -1.13. The molecule has 20 heavy (non-hydrogen) atoms. The van der Waals surface area contributed by atoms with Crippen LogP contribution in [0.15, 0.2) is 18.2 Å². The van der Waals surface area contributed by atoms with Crippen molar-refractivity contribution in [2.75, 3.05) is 13.1 Å². The zero-order valence-corrected chi connectivity index (χ0v) is 12.4. The Kier molecular flexibility index (Phi) is 4.66. The van der Waals surface area contributed by atoms with Crippen LogP contribution in [0.1, 0.15) is 35.2 Å². The summed E-state index contributed by atoms with van der Waals surface area (Å²) in [6.07, 6.45) is 3.28. The van der Waals surface area contributed by atoms with E-state index in [9.17, 15) is 9.18 Å². The van der Waals surface area contributed by atoms with Gasteiger partial charge in [-0.3, -0.25) is 4.79 Å². The normalized spacial score (nSPS) is 25.0. The Morgan fingerprint density at radius 1 is 1.30 bits per heavy atom. The van der Waals surface area contributed by atoms with Crippen molar-refractivity contribution < 1.29 is 9.18 Å². The molecule has 2 bridgehead atoms. The number of benzene rings is 1. The number of hydrogen-bond donors (Lipinski definition) is 1. The minimum absolute atomic E-state index is 0. The largest absolute Gasteiger partial charge is 0.337 e. The van der Waals surface area contributed by atoms with Crippen LogP contribution in [0, 0.1) is 12.7 Å². The quantitative estimate of drug-likeness (QED) is 0.864. The van der Waals surface area contributed by atoms with E-state index in [-0.39, 0.29) is 23.9 Å². The van der Waals surface area contributed by atoms with Gasteiger partial charge in [0.15, 0.2) is 0 Å². The van der Waals surface area contributed by atoms with Gasteiger partial charge in [-0.05, 0) is 38.3 Å². The molecule has 1 amide bonds. The maximum atomic E-state index is 13.8. The highest BCUT2D eigenvalue weighted by Crippen LogP contribution is 2.22. The van der Waals surface area contributed by atoms with Crippen LogP contribution in [-0.2, 0) is 0 Å². The Bertz CT molecular complexity index is 509. The zero-order chi connectivity index (χ0) is 13.4. The van der Waals surface area contributed by atoms with Crippen LogP contribution < -0.4 is 5.32 Å². The van der Waals surface area contributed by atoms with Crippen LogP contribution in [0.5, 0.6) is 0 Å². The van der Waals surface area contributed by atoms with Crippen molar-refractivity contribution in [2.45, 2.75) is 38.3 Å². The molecule has 0 spiro atoms. The SMILES string of the molecule is Cc1ccc(F)c(C(=O)N2CCC3CCC(C2)N3)c1.Cl. The second kappa shape index (κ2) is 6.10. The van der Waals surface area contributed by atoms with Gasteiger partial charge in [0, 0.05) is 25.2 Å². The third kappa shape index (κ3) is 2.96. The molecule has 2 aliphatic heterocycles. The number of likely N-dealkylation sites (tertiary alicyclic amines) is 1. The van der Waals surface area contributed by atoms with Crippen molar-refractivity contribution in [1.82, 2.24) is 10.2 Å². The van der Waals surface area contributed by atoms with E-state index in [2.05, 4.69) is 5.32 Å². The van der Waals surface area contributed by atoms with Gasteiger partial charge in [-0.1, -0.05) is 11.6 Å². The average Bonchev–Trinajstić information content (AvgIpc) is 2.71. The van der Waals surface area contributed by atoms with Gasteiger partial charge in [-0.2, -0.15) is 0 Å². The van der Waals surface area contributed by atoms with Crippen molar-refractivity contribution in [1.29, 1.82) is 0 Å². The fourth-order valence-electron chi connectivity index (χ4n) is 3.10. The summed E-state index contributed by atoms with van der Waals surface area (Å²) in [7, 11) is 0. The zero-order valence-electron chi connectivity index (χ0n) is 11.6. The lowest BCUT2D eigenvalue weighted by Gasteiger charge is -2.24. The lowest BCUT2D eigenvalue weighted by Crippen LogP contribution is -2.39. The lowest BCUT2D eigenvalue weighted by atomic mass is 10.1. The molecule has 0 saturated carbocycles. The van der Waals surface area contributed by atoms with Gasteiger partial charge in [0.05, 0.1) is 5.56 Å². The molecule has 110 valence electrons. The van der Waals surface area contributed by atoms with Crippen molar-refractivity contribution in [3.8, 4) is 0 Å². The molecule has 2 atom stereocenters. The molecule has 1 aromatic carbocycles. The summed E-state index contributed by atoms with van der Waals surface area (Å²) >= 11 is 0. The molecule has 2 unspecified atom stereocenters. The number of nitrogens with zero attached hydrogens (tertiary/aromatic N) is 1. The number of nitrogens with one attached hydrogen (secondary N) is 1. The molecular weight excluding hydrogens is 279 g/mol. The van der Waals surface area contributed by atoms with Crippen LogP contribution in [0.3, 0.4) is 0 Å². The fourth-order valence-corrected chi connectivity index (χ4v) is 3.10. The highest BCUT2D eigenvalue weighted by atomic mass is 35.5. The Labute approximate surface area is 124 Å². The van der Waals surface area contributed by atoms with Gasteiger partial charge in [0.1, 0.15) is 5.82 Å². The molecule has 3 rings (SSSR count). The first kappa shape index (κ1) is 15.3. The molecule has 0 radical (unpaired) electrons. The van der Waals surface area contributed by atoms with E-state index < -0.39 is 5.82 Å². The van der Waals surface area contributed by atoms with Gasteiger partial charge in [-0.15, -0.1) is 12.4 Å². The average molecular weight is 299 g/mol. The van der Waals surface area contributed by atoms with Gasteiger partial charge in [-0.25, -0.2) is 4.39 Å². The minimum Gasteiger partial charge on any atom is -0.337 e. The molecular formula is C15H20ClFN2O. The first-order chi connectivity index (χ1) is 9.13. The lowest BCUT2D eigenvalue weighted by molar-refractivity contribution is 0.0743. The number of carbonyl (C=O) groups excluding carboxylic acids is 1. The number of carbonyl (C=O) groups is 1. The van der Waals surface area contributed by atoms with Crippen LogP contribution in [-0.4, -0.2) is 36.0 Å². The van der Waals surface area contributed by atoms with E-state index in [0.717, 1.165) is 24.9 Å². The molecule has 0 aromatic heterocycles. The van der Waals surface area contributed by atoms with Crippen LogP contribution in [0.2, 0.25) is 0 Å². The number of hydrogen-bond acceptors (Lipinski definition) is 2. The smallest absolute Gasteiger partial charge is 0.256 e. The first-order valence-electron chi connectivity index (χ1n) is 6.95. The molecule has 2 aliphatic rings. The Morgan fingerprint density at radius 2 is 2.05 bits per heavy atom. The highest BCUT2D eigenvalue weighted by molar-refractivity contribution is 5.94. The molecule has 0 aliphatic carbocycles. The van der Waals surface area contributed by atoms with E-state index >= 15 is 0 Å². The third-order valence-electron chi connectivity index (χ3n) is 4.16. The summed E-state index contributed by atoms with van der Waals surface area (Å²) in [6, 6.07) is 5.63. The monoisotopic (exact) mass is 298 g/mol. The maximum Gasteiger partial charge on any atom is 0.256 e. The summed E-state index contributed by atoms with van der Waals surface area (Å²) in [6.45, 7) is 3.30. The second-order valence-corrected chi connectivity index (χ2v) is 5.66. The third-order valence-corrected chi connectivity index (χ3v) is 4.16. The predicted octanol–water partition coefficient (Wildman–Crippen LogP) is 2.52. The topological polar surface area (TPSA) is 32.3 Å². The number of aryl methyl sites for hydroxylation is 1. The van der Waals surface area contributed by atoms with E-state index in [0.29, 0.717) is 18.6 Å². The summed E-state index contributed by atoms with van der Waals surface area (Å²) in [5, 5.41) is 3.53. The molecule has 3 nitrogen and oxygen atoms in total. The summed E-state index contributed by atoms with van der Waals surface area (Å²) < 4.78 is 13.8. The standard InChI is InChI=1S/C15H19FN2O.ClH/c1-10-2-5-14(16)13(8-10)15(19)18-7-6-11-3-4-12(9-18)17-11;/h2,5,8,11-12,17H,3-4,6-7,9H2,1H3;1H. The minimum atomic E-state index is -0.419. The number of rotatable bonds is 1. The van der Waals surface area contributed by atoms with Gasteiger partial charge >= 0.3 is 0 Å². The molecule has 1 N–H and O–H groups in total. The summed E-state index contributed by atoms with van der Waals surface area (Å²) in [4.78, 5) is 14.3.